The number of aliphatic hydroxyl groups is 1. The minimum atomic E-state index is -1.21. The monoisotopic (exact) mass is 434 g/mol. The van der Waals surface area contributed by atoms with Crippen LogP contribution in [-0.2, 0) is 15.1 Å². The van der Waals surface area contributed by atoms with Gasteiger partial charge in [0.2, 0.25) is 0 Å². The van der Waals surface area contributed by atoms with E-state index >= 15 is 0 Å². The summed E-state index contributed by atoms with van der Waals surface area (Å²) in [5.41, 5.74) is 2.47. The van der Waals surface area contributed by atoms with E-state index in [1.807, 2.05) is 80.6 Å². The van der Waals surface area contributed by atoms with Gasteiger partial charge in [0.1, 0.15) is 11.4 Å². The second kappa shape index (κ2) is 11.3. The van der Waals surface area contributed by atoms with E-state index in [1.54, 1.807) is 7.11 Å². The summed E-state index contributed by atoms with van der Waals surface area (Å²) in [5.74, 6) is 0.632. The van der Waals surface area contributed by atoms with Gasteiger partial charge in [0.15, 0.2) is 6.29 Å². The molecule has 32 heavy (non-hydrogen) atoms. The molecule has 3 rings (SSSR count). The lowest BCUT2D eigenvalue weighted by Gasteiger charge is -2.37. The average Bonchev–Trinajstić information content (AvgIpc) is 2.85. The molecule has 1 N–H and O–H groups in total. The van der Waals surface area contributed by atoms with Gasteiger partial charge in [-0.2, -0.15) is 0 Å². The van der Waals surface area contributed by atoms with Crippen LogP contribution in [0, 0.1) is 0 Å². The summed E-state index contributed by atoms with van der Waals surface area (Å²) < 4.78 is 16.8. The van der Waals surface area contributed by atoms with Crippen LogP contribution in [0.4, 0.5) is 0 Å². The molecule has 0 aliphatic carbocycles. The molecule has 0 saturated heterocycles. The first-order valence-corrected chi connectivity index (χ1v) is 11.3. The van der Waals surface area contributed by atoms with Crippen LogP contribution in [0.5, 0.6) is 5.75 Å². The van der Waals surface area contributed by atoms with Crippen LogP contribution >= 0.6 is 0 Å². The summed E-state index contributed by atoms with van der Waals surface area (Å²) in [6.07, 6.45) is 0.360. The van der Waals surface area contributed by atoms with Gasteiger partial charge >= 0.3 is 0 Å². The van der Waals surface area contributed by atoms with Gasteiger partial charge in [-0.3, -0.25) is 0 Å². The van der Waals surface area contributed by atoms with Gasteiger partial charge < -0.3 is 19.3 Å². The maximum atomic E-state index is 12.4. The highest BCUT2D eigenvalue weighted by molar-refractivity contribution is 5.44. The Morgan fingerprint density at radius 3 is 1.72 bits per heavy atom. The van der Waals surface area contributed by atoms with Crippen molar-refractivity contribution in [2.75, 3.05) is 20.3 Å². The van der Waals surface area contributed by atoms with Gasteiger partial charge in [-0.1, -0.05) is 73.7 Å². The first-order valence-electron chi connectivity index (χ1n) is 11.3. The van der Waals surface area contributed by atoms with Crippen molar-refractivity contribution in [3.8, 4) is 5.75 Å². The molecule has 3 aromatic rings. The number of hydrogen-bond acceptors (Lipinski definition) is 4. The molecule has 0 saturated carbocycles. The Morgan fingerprint density at radius 1 is 0.719 bits per heavy atom. The Hall–Kier alpha value is -2.66. The highest BCUT2D eigenvalue weighted by atomic mass is 16.7. The molecule has 0 aromatic heterocycles. The van der Waals surface area contributed by atoms with E-state index < -0.39 is 11.9 Å². The molecule has 2 unspecified atom stereocenters. The SMILES string of the molecule is CCOC(OCC)c1ccc(C(O)(c2ccc(OC)cc2)C(CC)c2ccccc2)cc1. The molecule has 0 heterocycles. The third-order valence-electron chi connectivity index (χ3n) is 5.90. The lowest BCUT2D eigenvalue weighted by atomic mass is 9.71. The third-order valence-corrected chi connectivity index (χ3v) is 5.90. The summed E-state index contributed by atoms with van der Waals surface area (Å²) in [6, 6.07) is 25.8. The molecule has 2 atom stereocenters. The summed E-state index contributed by atoms with van der Waals surface area (Å²) in [6.45, 7) is 7.14. The lowest BCUT2D eigenvalue weighted by molar-refractivity contribution is -0.140. The van der Waals surface area contributed by atoms with E-state index in [1.165, 1.54) is 0 Å². The molecule has 0 spiro atoms. The Kier molecular flexibility index (Phi) is 8.46. The van der Waals surface area contributed by atoms with E-state index in [2.05, 4.69) is 19.1 Å². The number of ether oxygens (including phenoxy) is 3. The molecule has 0 aliphatic heterocycles. The Bertz CT molecular complexity index is 931. The maximum absolute atomic E-state index is 12.4. The van der Waals surface area contributed by atoms with Crippen LogP contribution in [0.25, 0.3) is 0 Å². The van der Waals surface area contributed by atoms with E-state index in [9.17, 15) is 5.11 Å². The molecule has 3 aromatic carbocycles. The van der Waals surface area contributed by atoms with Gasteiger partial charge in [0.25, 0.3) is 0 Å². The molecule has 0 radical (unpaired) electrons. The zero-order valence-electron chi connectivity index (χ0n) is 19.5. The van der Waals surface area contributed by atoms with Gasteiger partial charge in [0, 0.05) is 24.7 Å². The van der Waals surface area contributed by atoms with E-state index in [-0.39, 0.29) is 5.92 Å². The number of methoxy groups -OCH3 is 1. The first kappa shape index (κ1) is 24.0. The standard InChI is InChI=1S/C28H34O4/c1-5-26(21-11-9-8-10-12-21)28(29,24-17-19-25(30-4)20-18-24)23-15-13-22(14-16-23)27(31-6-2)32-7-3/h8-20,26-27,29H,5-7H2,1-4H3. The van der Waals surface area contributed by atoms with Crippen molar-refractivity contribution in [2.24, 2.45) is 0 Å². The van der Waals surface area contributed by atoms with Crippen molar-refractivity contribution in [3.63, 3.8) is 0 Å². The van der Waals surface area contributed by atoms with Crippen molar-refractivity contribution in [3.05, 3.63) is 101 Å². The normalized spacial score (nSPS) is 14.2. The van der Waals surface area contributed by atoms with Crippen LogP contribution < -0.4 is 4.74 Å². The van der Waals surface area contributed by atoms with Gasteiger partial charge in [-0.25, -0.2) is 0 Å². The summed E-state index contributed by atoms with van der Waals surface area (Å²) in [5, 5.41) is 12.4. The average molecular weight is 435 g/mol. The van der Waals surface area contributed by atoms with Crippen LogP contribution in [0.1, 0.15) is 61.7 Å². The Morgan fingerprint density at radius 2 is 1.25 bits per heavy atom. The molecule has 0 bridgehead atoms. The van der Waals surface area contributed by atoms with Crippen LogP contribution in [0.15, 0.2) is 78.9 Å². The molecule has 0 amide bonds. The van der Waals surface area contributed by atoms with Crippen molar-refractivity contribution >= 4 is 0 Å². The smallest absolute Gasteiger partial charge is 0.183 e. The summed E-state index contributed by atoms with van der Waals surface area (Å²) >= 11 is 0. The number of hydrogen-bond donors (Lipinski definition) is 1. The second-order valence-corrected chi connectivity index (χ2v) is 7.73. The highest BCUT2D eigenvalue weighted by Crippen LogP contribution is 2.45. The summed E-state index contributed by atoms with van der Waals surface area (Å²) in [7, 11) is 1.64. The van der Waals surface area contributed by atoms with E-state index in [0.717, 1.165) is 34.4 Å². The van der Waals surface area contributed by atoms with Crippen LogP contribution in [-0.4, -0.2) is 25.4 Å². The first-order chi connectivity index (χ1) is 15.6. The van der Waals surface area contributed by atoms with Gasteiger partial charge in [0.05, 0.1) is 7.11 Å². The molecular formula is C28H34O4. The lowest BCUT2D eigenvalue weighted by Crippen LogP contribution is -2.35. The Labute approximate surface area is 191 Å². The molecule has 0 aliphatic rings. The van der Waals surface area contributed by atoms with Crippen LogP contribution in [0.3, 0.4) is 0 Å². The van der Waals surface area contributed by atoms with E-state index in [0.29, 0.717) is 13.2 Å². The fourth-order valence-electron chi connectivity index (χ4n) is 4.31. The quantitative estimate of drug-likeness (QED) is 0.365. The van der Waals surface area contributed by atoms with Gasteiger partial charge in [-0.15, -0.1) is 0 Å². The largest absolute Gasteiger partial charge is 0.497 e. The molecule has 170 valence electrons. The molecule has 4 nitrogen and oxygen atoms in total. The molecule has 0 fully saturated rings. The highest BCUT2D eigenvalue weighted by Gasteiger charge is 2.40. The van der Waals surface area contributed by atoms with Crippen molar-refractivity contribution in [1.82, 2.24) is 0 Å². The number of rotatable bonds is 11. The predicted molar refractivity (Wildman–Crippen MR) is 128 cm³/mol. The molecular weight excluding hydrogens is 400 g/mol. The van der Waals surface area contributed by atoms with Crippen molar-refractivity contribution < 1.29 is 19.3 Å². The second-order valence-electron chi connectivity index (χ2n) is 7.73. The zero-order valence-corrected chi connectivity index (χ0v) is 19.5. The summed E-state index contributed by atoms with van der Waals surface area (Å²) in [4.78, 5) is 0. The third kappa shape index (κ3) is 5.04. The minimum Gasteiger partial charge on any atom is -0.497 e. The maximum Gasteiger partial charge on any atom is 0.183 e. The van der Waals surface area contributed by atoms with E-state index in [4.69, 9.17) is 14.2 Å². The topological polar surface area (TPSA) is 47.9 Å². The predicted octanol–water partition coefficient (Wildman–Crippen LogP) is 6.20. The van der Waals surface area contributed by atoms with Gasteiger partial charge in [-0.05, 0) is 49.1 Å². The molecule has 4 heteroatoms. The zero-order chi connectivity index (χ0) is 23.0. The van der Waals surface area contributed by atoms with Crippen molar-refractivity contribution in [2.45, 2.75) is 45.0 Å². The Balaban J connectivity index is 2.09. The fourth-order valence-corrected chi connectivity index (χ4v) is 4.31. The van der Waals surface area contributed by atoms with Crippen LogP contribution in [0.2, 0.25) is 0 Å². The fraction of sp³-hybridized carbons (Fsp3) is 0.357. The van der Waals surface area contributed by atoms with Crippen molar-refractivity contribution in [1.29, 1.82) is 0 Å². The minimum absolute atomic E-state index is 0.127. The number of benzene rings is 3.